The monoisotopic (exact) mass is 272 g/mol. The van der Waals surface area contributed by atoms with Gasteiger partial charge in [0.1, 0.15) is 0 Å². The molecule has 0 aliphatic carbocycles. The fraction of sp³-hybridized carbons (Fsp3) is 0.462. The van der Waals surface area contributed by atoms with Gasteiger partial charge in [-0.1, -0.05) is 0 Å². The van der Waals surface area contributed by atoms with E-state index in [9.17, 15) is 18.0 Å². The number of ketones is 1. The van der Waals surface area contributed by atoms with Crippen molar-refractivity contribution in [1.82, 2.24) is 4.90 Å². The maximum atomic E-state index is 12.7. The summed E-state index contributed by atoms with van der Waals surface area (Å²) in [6.07, 6.45) is -2.94. The van der Waals surface area contributed by atoms with Crippen molar-refractivity contribution in [3.63, 3.8) is 0 Å². The maximum absolute atomic E-state index is 12.7. The first-order chi connectivity index (χ1) is 8.80. The van der Waals surface area contributed by atoms with Gasteiger partial charge in [-0.3, -0.25) is 9.69 Å². The van der Waals surface area contributed by atoms with Gasteiger partial charge in [-0.15, -0.1) is 0 Å². The quantitative estimate of drug-likeness (QED) is 0.665. The number of hydrogen-bond acceptors (Lipinski definition) is 3. The first kappa shape index (κ1) is 13.9. The Morgan fingerprint density at radius 3 is 2.63 bits per heavy atom. The van der Waals surface area contributed by atoms with Gasteiger partial charge in [-0.25, -0.2) is 0 Å². The Morgan fingerprint density at radius 1 is 1.42 bits per heavy atom. The molecule has 6 heteroatoms. The van der Waals surface area contributed by atoms with Gasteiger partial charge in [0.25, 0.3) is 0 Å². The standard InChI is InChI=1S/C13H15F3N2O/c1-18-6-2-3-11(18)12(19)9-7-8(13(14,15)16)4-5-10(9)17/h4-5,7,11H,2-3,6,17H2,1H3. The van der Waals surface area contributed by atoms with Gasteiger partial charge in [-0.2, -0.15) is 13.2 Å². The SMILES string of the molecule is CN1CCCC1C(=O)c1cc(C(F)(F)F)ccc1N. The highest BCUT2D eigenvalue weighted by molar-refractivity contribution is 6.04. The third-order valence-corrected chi connectivity index (χ3v) is 3.47. The molecule has 1 fully saturated rings. The van der Waals surface area contributed by atoms with Gasteiger partial charge in [0.05, 0.1) is 11.6 Å². The van der Waals surface area contributed by atoms with Crippen molar-refractivity contribution >= 4 is 11.5 Å². The average molecular weight is 272 g/mol. The summed E-state index contributed by atoms with van der Waals surface area (Å²) < 4.78 is 38.0. The molecule has 1 atom stereocenters. The van der Waals surface area contributed by atoms with Crippen LogP contribution in [0, 0.1) is 0 Å². The molecular formula is C13H15F3N2O. The summed E-state index contributed by atoms with van der Waals surface area (Å²) in [6.45, 7) is 0.773. The van der Waals surface area contributed by atoms with Crippen LogP contribution in [0.4, 0.5) is 18.9 Å². The Kier molecular flexibility index (Phi) is 3.54. The summed E-state index contributed by atoms with van der Waals surface area (Å²) >= 11 is 0. The minimum atomic E-state index is -4.47. The van der Waals surface area contributed by atoms with Gasteiger partial charge in [-0.05, 0) is 44.6 Å². The highest BCUT2D eigenvalue weighted by Gasteiger charge is 2.34. The van der Waals surface area contributed by atoms with Gasteiger partial charge in [0.15, 0.2) is 5.78 Å². The molecule has 1 saturated heterocycles. The molecule has 0 amide bonds. The molecule has 3 nitrogen and oxygen atoms in total. The summed E-state index contributed by atoms with van der Waals surface area (Å²) in [5.74, 6) is -0.330. The van der Waals surface area contributed by atoms with Crippen LogP contribution < -0.4 is 5.73 Å². The first-order valence-corrected chi connectivity index (χ1v) is 6.02. The lowest BCUT2D eigenvalue weighted by molar-refractivity contribution is -0.137. The molecule has 2 N–H and O–H groups in total. The number of carbonyl (C=O) groups is 1. The topological polar surface area (TPSA) is 46.3 Å². The lowest BCUT2D eigenvalue weighted by atomic mass is 9.98. The molecule has 2 rings (SSSR count). The highest BCUT2D eigenvalue weighted by Crippen LogP contribution is 2.32. The van der Waals surface area contributed by atoms with Gasteiger partial charge >= 0.3 is 6.18 Å². The van der Waals surface area contributed by atoms with Gasteiger partial charge in [0.2, 0.25) is 0 Å². The van der Waals surface area contributed by atoms with Crippen LogP contribution in [0.2, 0.25) is 0 Å². The van der Waals surface area contributed by atoms with Crippen molar-refractivity contribution in [2.75, 3.05) is 19.3 Å². The Hall–Kier alpha value is -1.56. The molecule has 1 unspecified atom stereocenters. The molecular weight excluding hydrogens is 257 g/mol. The second kappa shape index (κ2) is 4.85. The molecule has 104 valence electrons. The van der Waals surface area contributed by atoms with E-state index in [2.05, 4.69) is 0 Å². The van der Waals surface area contributed by atoms with Crippen molar-refractivity contribution in [3.05, 3.63) is 29.3 Å². The van der Waals surface area contributed by atoms with E-state index in [1.54, 1.807) is 7.05 Å². The third-order valence-electron chi connectivity index (χ3n) is 3.47. The van der Waals surface area contributed by atoms with Gasteiger partial charge in [0, 0.05) is 11.3 Å². The van der Waals surface area contributed by atoms with E-state index < -0.39 is 11.7 Å². The number of carbonyl (C=O) groups excluding carboxylic acids is 1. The second-order valence-corrected chi connectivity index (χ2v) is 4.80. The molecule has 0 saturated carbocycles. The van der Waals surface area contributed by atoms with Crippen molar-refractivity contribution in [2.24, 2.45) is 0 Å². The van der Waals surface area contributed by atoms with Crippen molar-refractivity contribution < 1.29 is 18.0 Å². The summed E-state index contributed by atoms with van der Waals surface area (Å²) in [5, 5.41) is 0. The van der Waals surface area contributed by atoms with Crippen LogP contribution in [0.3, 0.4) is 0 Å². The lowest BCUT2D eigenvalue weighted by Gasteiger charge is -2.19. The van der Waals surface area contributed by atoms with E-state index in [0.29, 0.717) is 6.42 Å². The number of hydrogen-bond donors (Lipinski definition) is 1. The van der Waals surface area contributed by atoms with Crippen LogP contribution in [0.25, 0.3) is 0 Å². The molecule has 0 spiro atoms. The number of anilines is 1. The molecule has 1 aliphatic rings. The van der Waals surface area contributed by atoms with Crippen LogP contribution in [0.15, 0.2) is 18.2 Å². The molecule has 1 aromatic rings. The van der Waals surface area contributed by atoms with E-state index in [0.717, 1.165) is 31.2 Å². The smallest absolute Gasteiger partial charge is 0.398 e. The van der Waals surface area contributed by atoms with E-state index in [-0.39, 0.29) is 23.1 Å². The number of nitrogens with zero attached hydrogens (tertiary/aromatic N) is 1. The molecule has 1 heterocycles. The van der Waals surface area contributed by atoms with Crippen molar-refractivity contribution in [3.8, 4) is 0 Å². The van der Waals surface area contributed by atoms with Crippen LogP contribution in [-0.2, 0) is 6.18 Å². The fourth-order valence-corrected chi connectivity index (χ4v) is 2.37. The van der Waals surface area contributed by atoms with Crippen molar-refractivity contribution in [1.29, 1.82) is 0 Å². The zero-order valence-electron chi connectivity index (χ0n) is 10.5. The van der Waals surface area contributed by atoms with E-state index in [1.807, 2.05) is 4.90 Å². The predicted octanol–water partition coefficient (Wildman–Crippen LogP) is 2.56. The number of alkyl halides is 3. The third kappa shape index (κ3) is 2.73. The fourth-order valence-electron chi connectivity index (χ4n) is 2.37. The minimum Gasteiger partial charge on any atom is -0.398 e. The summed E-state index contributed by atoms with van der Waals surface area (Å²) in [4.78, 5) is 14.1. The molecule has 19 heavy (non-hydrogen) atoms. The lowest BCUT2D eigenvalue weighted by Crippen LogP contribution is -2.33. The first-order valence-electron chi connectivity index (χ1n) is 6.02. The molecule has 0 bridgehead atoms. The number of rotatable bonds is 2. The number of nitrogen functional groups attached to an aromatic ring is 1. The van der Waals surface area contributed by atoms with Crippen LogP contribution in [0.1, 0.15) is 28.8 Å². The second-order valence-electron chi connectivity index (χ2n) is 4.80. The largest absolute Gasteiger partial charge is 0.416 e. The number of likely N-dealkylation sites (N-methyl/N-ethyl adjacent to an activating group) is 1. The predicted molar refractivity (Wildman–Crippen MR) is 65.8 cm³/mol. The van der Waals surface area contributed by atoms with E-state index >= 15 is 0 Å². The minimum absolute atomic E-state index is 0.0337. The number of Topliss-reactive ketones (excluding diaryl/α,β-unsaturated/α-hetero) is 1. The summed E-state index contributed by atoms with van der Waals surface area (Å²) in [6, 6.07) is 2.52. The Morgan fingerprint density at radius 2 is 2.11 bits per heavy atom. The molecule has 1 aromatic carbocycles. The molecule has 0 radical (unpaired) electrons. The molecule has 1 aliphatic heterocycles. The van der Waals surface area contributed by atoms with Crippen LogP contribution in [-0.4, -0.2) is 30.3 Å². The number of likely N-dealkylation sites (tertiary alicyclic amines) is 1. The molecule has 0 aromatic heterocycles. The number of nitrogens with two attached hydrogens (primary N) is 1. The highest BCUT2D eigenvalue weighted by atomic mass is 19.4. The Balaban J connectivity index is 2.36. The zero-order chi connectivity index (χ0) is 14.2. The van der Waals surface area contributed by atoms with Crippen LogP contribution >= 0.6 is 0 Å². The Labute approximate surface area is 109 Å². The van der Waals surface area contributed by atoms with Gasteiger partial charge < -0.3 is 5.73 Å². The summed E-state index contributed by atoms with van der Waals surface area (Å²) in [5.41, 5.74) is 4.86. The number of benzene rings is 1. The van der Waals surface area contributed by atoms with Crippen molar-refractivity contribution in [2.45, 2.75) is 25.1 Å². The Bertz CT molecular complexity index is 499. The average Bonchev–Trinajstić information content (AvgIpc) is 2.73. The van der Waals surface area contributed by atoms with E-state index in [1.165, 1.54) is 0 Å². The summed E-state index contributed by atoms with van der Waals surface area (Å²) in [7, 11) is 1.79. The maximum Gasteiger partial charge on any atom is 0.416 e. The van der Waals surface area contributed by atoms with E-state index in [4.69, 9.17) is 5.73 Å². The zero-order valence-corrected chi connectivity index (χ0v) is 10.5. The normalized spacial score (nSPS) is 20.7. The number of halogens is 3. The van der Waals surface area contributed by atoms with Crippen LogP contribution in [0.5, 0.6) is 0 Å².